The molecule has 2 heterocycles. The van der Waals surface area contributed by atoms with E-state index in [2.05, 4.69) is 42.8 Å². The van der Waals surface area contributed by atoms with E-state index in [0.717, 1.165) is 35.5 Å². The summed E-state index contributed by atoms with van der Waals surface area (Å²) >= 11 is 0. The maximum Gasteiger partial charge on any atom is 0.360 e. The van der Waals surface area contributed by atoms with Gasteiger partial charge in [0.2, 0.25) is 0 Å². The van der Waals surface area contributed by atoms with E-state index in [-0.39, 0.29) is 5.92 Å². The first kappa shape index (κ1) is 29.5. The second kappa shape index (κ2) is 15.4. The third-order valence-corrected chi connectivity index (χ3v) is 5.64. The van der Waals surface area contributed by atoms with E-state index in [4.69, 9.17) is 14.2 Å². The van der Waals surface area contributed by atoms with Crippen LogP contribution in [0, 0.1) is 18.8 Å². The molecular weight excluding hydrogens is 466 g/mol. The Hall–Kier alpha value is -3.76. The van der Waals surface area contributed by atoms with Crippen LogP contribution < -0.4 is 4.90 Å². The highest BCUT2D eigenvalue weighted by molar-refractivity contribution is 5.97. The summed E-state index contributed by atoms with van der Waals surface area (Å²) in [5.74, 6) is 0.248. The summed E-state index contributed by atoms with van der Waals surface area (Å²) in [4.78, 5) is 15.3. The third-order valence-electron chi connectivity index (χ3n) is 5.64. The van der Waals surface area contributed by atoms with Crippen LogP contribution >= 0.6 is 0 Å². The van der Waals surface area contributed by atoms with Crippen LogP contribution in [0.3, 0.4) is 0 Å². The van der Waals surface area contributed by atoms with Crippen molar-refractivity contribution in [3.05, 3.63) is 70.9 Å². The molecule has 7 heteroatoms. The molecule has 0 atom stereocenters. The van der Waals surface area contributed by atoms with Crippen molar-refractivity contribution in [1.82, 2.24) is 5.01 Å². The number of nitrogens with zero attached hydrogens (tertiary/aromatic N) is 3. The lowest BCUT2D eigenvalue weighted by Crippen LogP contribution is -2.38. The summed E-state index contributed by atoms with van der Waals surface area (Å²) in [7, 11) is 1.38. The SMILES string of the molecule is C#C.CC.COC(=O)C1=C(OCc2ccccc2)c2cccc(N3CCOCC3)c2CN1/N=C\C(C)C. The van der Waals surface area contributed by atoms with Crippen LogP contribution in [0.2, 0.25) is 0 Å². The number of rotatable bonds is 7. The number of morpholine rings is 1. The van der Waals surface area contributed by atoms with Crippen LogP contribution in [0.1, 0.15) is 44.4 Å². The molecule has 1 fully saturated rings. The van der Waals surface area contributed by atoms with Crippen molar-refractivity contribution in [1.29, 1.82) is 0 Å². The van der Waals surface area contributed by atoms with E-state index < -0.39 is 5.97 Å². The van der Waals surface area contributed by atoms with Gasteiger partial charge in [-0.05, 0) is 17.5 Å². The highest BCUT2D eigenvalue weighted by Gasteiger charge is 2.34. The second-order valence-electron chi connectivity index (χ2n) is 8.41. The summed E-state index contributed by atoms with van der Waals surface area (Å²) in [6.07, 6.45) is 9.83. The van der Waals surface area contributed by atoms with Gasteiger partial charge >= 0.3 is 5.97 Å². The number of methoxy groups -OCH3 is 1. The minimum atomic E-state index is -0.471. The zero-order valence-electron chi connectivity index (χ0n) is 22.6. The zero-order chi connectivity index (χ0) is 27.2. The lowest BCUT2D eigenvalue weighted by Gasteiger charge is -2.35. The maximum absolute atomic E-state index is 12.9. The predicted octanol–water partition coefficient (Wildman–Crippen LogP) is 5.31. The van der Waals surface area contributed by atoms with E-state index in [1.165, 1.54) is 7.11 Å². The number of esters is 1. The highest BCUT2D eigenvalue weighted by atomic mass is 16.5. The molecule has 198 valence electrons. The van der Waals surface area contributed by atoms with Crippen molar-refractivity contribution >= 4 is 23.6 Å². The van der Waals surface area contributed by atoms with E-state index in [9.17, 15) is 4.79 Å². The third kappa shape index (κ3) is 7.61. The Balaban J connectivity index is 0.00000115. The van der Waals surface area contributed by atoms with Gasteiger partial charge in [0.05, 0.1) is 26.9 Å². The highest BCUT2D eigenvalue weighted by Crippen LogP contribution is 2.39. The smallest absolute Gasteiger partial charge is 0.360 e. The fourth-order valence-electron chi connectivity index (χ4n) is 4.01. The van der Waals surface area contributed by atoms with Gasteiger partial charge in [0.25, 0.3) is 0 Å². The summed E-state index contributed by atoms with van der Waals surface area (Å²) in [6.45, 7) is 11.9. The van der Waals surface area contributed by atoms with Gasteiger partial charge in [0.1, 0.15) is 6.61 Å². The van der Waals surface area contributed by atoms with Gasteiger partial charge in [0.15, 0.2) is 11.5 Å². The molecule has 1 saturated heterocycles. The number of benzene rings is 2. The van der Waals surface area contributed by atoms with Gasteiger partial charge < -0.3 is 19.1 Å². The predicted molar refractivity (Wildman–Crippen MR) is 150 cm³/mol. The van der Waals surface area contributed by atoms with Gasteiger partial charge in [0, 0.05) is 36.1 Å². The second-order valence-corrected chi connectivity index (χ2v) is 8.41. The molecular formula is C30H39N3O4. The van der Waals surface area contributed by atoms with E-state index >= 15 is 0 Å². The fraction of sp³-hybridized carbons (Fsp3) is 0.400. The average molecular weight is 506 g/mol. The molecule has 0 aromatic heterocycles. The molecule has 2 aromatic carbocycles. The van der Waals surface area contributed by atoms with Crippen molar-refractivity contribution in [3.63, 3.8) is 0 Å². The van der Waals surface area contributed by atoms with Gasteiger partial charge in [-0.3, -0.25) is 5.01 Å². The Bertz CT molecular complexity index is 1070. The van der Waals surface area contributed by atoms with Gasteiger partial charge in [-0.2, -0.15) is 5.10 Å². The van der Waals surface area contributed by atoms with Crippen molar-refractivity contribution < 1.29 is 19.0 Å². The molecule has 0 bridgehead atoms. The minimum absolute atomic E-state index is 0.230. The molecule has 0 unspecified atom stereocenters. The first-order valence-corrected chi connectivity index (χ1v) is 12.7. The molecule has 2 aliphatic rings. The molecule has 0 amide bonds. The molecule has 2 aromatic rings. The Morgan fingerprint density at radius 2 is 1.76 bits per heavy atom. The molecule has 4 rings (SSSR count). The number of hydrogen-bond donors (Lipinski definition) is 0. The number of fused-ring (bicyclic) bond motifs is 1. The maximum atomic E-state index is 12.9. The van der Waals surface area contributed by atoms with Crippen molar-refractivity contribution in [2.75, 3.05) is 38.3 Å². The van der Waals surface area contributed by atoms with Crippen molar-refractivity contribution in [2.45, 2.75) is 40.8 Å². The van der Waals surface area contributed by atoms with E-state index in [1.807, 2.05) is 62.5 Å². The first-order chi connectivity index (χ1) is 18.1. The van der Waals surface area contributed by atoms with Crippen LogP contribution in [0.15, 0.2) is 59.3 Å². The van der Waals surface area contributed by atoms with Crippen LogP contribution in [0.25, 0.3) is 5.76 Å². The number of hydrazone groups is 1. The van der Waals surface area contributed by atoms with Crippen molar-refractivity contribution in [3.8, 4) is 12.8 Å². The van der Waals surface area contributed by atoms with E-state index in [0.29, 0.717) is 37.8 Å². The van der Waals surface area contributed by atoms with Crippen molar-refractivity contribution in [2.24, 2.45) is 11.0 Å². The number of hydrogen-bond acceptors (Lipinski definition) is 7. The number of ether oxygens (including phenoxy) is 3. The Labute approximate surface area is 221 Å². The average Bonchev–Trinajstić information content (AvgIpc) is 2.96. The van der Waals surface area contributed by atoms with Gasteiger partial charge in [-0.15, -0.1) is 12.8 Å². The summed E-state index contributed by atoms with van der Waals surface area (Å²) in [6, 6.07) is 16.0. The Morgan fingerprint density at radius 3 is 2.38 bits per heavy atom. The van der Waals surface area contributed by atoms with Crippen LogP contribution in [0.4, 0.5) is 5.69 Å². The monoisotopic (exact) mass is 505 g/mol. The molecule has 0 radical (unpaired) electrons. The number of terminal acetylenes is 1. The summed E-state index contributed by atoms with van der Waals surface area (Å²) in [5, 5.41) is 6.36. The Kier molecular flexibility index (Phi) is 12.2. The first-order valence-electron chi connectivity index (χ1n) is 12.7. The van der Waals surface area contributed by atoms with Crippen LogP contribution in [0.5, 0.6) is 0 Å². The Morgan fingerprint density at radius 1 is 1.08 bits per heavy atom. The molecule has 0 spiro atoms. The molecule has 0 N–H and O–H groups in total. The lowest BCUT2D eigenvalue weighted by atomic mass is 9.97. The number of anilines is 1. The normalized spacial score (nSPS) is 14.8. The largest absolute Gasteiger partial charge is 0.486 e. The van der Waals surface area contributed by atoms with Crippen LogP contribution in [-0.2, 0) is 32.2 Å². The summed E-state index contributed by atoms with van der Waals surface area (Å²) in [5.41, 5.74) is 4.42. The van der Waals surface area contributed by atoms with Gasteiger partial charge in [-0.25, -0.2) is 4.79 Å². The lowest BCUT2D eigenvalue weighted by molar-refractivity contribution is -0.138. The van der Waals surface area contributed by atoms with Crippen LogP contribution in [-0.4, -0.2) is 50.6 Å². The van der Waals surface area contributed by atoms with Gasteiger partial charge in [-0.1, -0.05) is 70.2 Å². The number of carbonyl (C=O) groups excluding carboxylic acids is 1. The zero-order valence-corrected chi connectivity index (χ0v) is 22.6. The summed E-state index contributed by atoms with van der Waals surface area (Å²) < 4.78 is 17.0. The number of carbonyl (C=O) groups is 1. The molecule has 37 heavy (non-hydrogen) atoms. The minimum Gasteiger partial charge on any atom is -0.486 e. The fourth-order valence-corrected chi connectivity index (χ4v) is 4.01. The van der Waals surface area contributed by atoms with E-state index in [1.54, 1.807) is 5.01 Å². The quantitative estimate of drug-likeness (QED) is 0.289. The topological polar surface area (TPSA) is 63.6 Å². The molecule has 2 aliphatic heterocycles. The standard InChI is InChI=1S/C26H31N3O4.C2H6.C2H2/c1-19(2)16-27-29-17-22-21(10-7-11-23(22)28-12-14-32-15-13-28)25(24(29)26(30)31-3)33-18-20-8-5-4-6-9-20;2*1-2/h4-11,16,19H,12-15,17-18H2,1-3H3;1-2H3;1-2H/b27-16-;;. The molecule has 0 saturated carbocycles. The molecule has 7 nitrogen and oxygen atoms in total. The molecule has 0 aliphatic carbocycles.